The van der Waals surface area contributed by atoms with Crippen molar-refractivity contribution < 1.29 is 0 Å². The highest BCUT2D eigenvalue weighted by atomic mass is 15.0. The Morgan fingerprint density at radius 2 is 0.659 bits per heavy atom. The largest absolute Gasteiger partial charge is 0.208 e. The molecular formula is C41H27N3. The van der Waals surface area contributed by atoms with Crippen molar-refractivity contribution in [1.82, 2.24) is 15.0 Å². The fourth-order valence-corrected chi connectivity index (χ4v) is 5.82. The maximum atomic E-state index is 4.99. The summed E-state index contributed by atoms with van der Waals surface area (Å²) in [4.78, 5) is 14.9. The Morgan fingerprint density at radius 1 is 0.250 bits per heavy atom. The number of hydrogen-bond donors (Lipinski definition) is 0. The van der Waals surface area contributed by atoms with Gasteiger partial charge in [-0.25, -0.2) is 15.0 Å². The quantitative estimate of drug-likeness (QED) is 0.210. The maximum absolute atomic E-state index is 4.99. The molecule has 0 N–H and O–H groups in total. The van der Waals surface area contributed by atoms with Crippen LogP contribution in [0.4, 0.5) is 0 Å². The molecule has 0 spiro atoms. The van der Waals surface area contributed by atoms with Gasteiger partial charge in [0.1, 0.15) is 0 Å². The third kappa shape index (κ3) is 4.91. The van der Waals surface area contributed by atoms with Gasteiger partial charge in [-0.3, -0.25) is 0 Å². The Labute approximate surface area is 256 Å². The van der Waals surface area contributed by atoms with Gasteiger partial charge in [0.15, 0.2) is 17.5 Å². The van der Waals surface area contributed by atoms with Crippen molar-refractivity contribution in [3.8, 4) is 56.4 Å². The summed E-state index contributed by atoms with van der Waals surface area (Å²) in [5.41, 5.74) is 7.52. The zero-order valence-electron chi connectivity index (χ0n) is 23.9. The van der Waals surface area contributed by atoms with Crippen LogP contribution in [0.3, 0.4) is 0 Å². The van der Waals surface area contributed by atoms with E-state index >= 15 is 0 Å². The highest BCUT2D eigenvalue weighted by Gasteiger charge is 2.15. The molecule has 0 fully saturated rings. The molecule has 0 atom stereocenters. The van der Waals surface area contributed by atoms with Crippen molar-refractivity contribution in [3.05, 3.63) is 164 Å². The second-order valence-electron chi connectivity index (χ2n) is 10.9. The van der Waals surface area contributed by atoms with Crippen LogP contribution in [0.2, 0.25) is 0 Å². The summed E-state index contributed by atoms with van der Waals surface area (Å²) in [5, 5.41) is 4.90. The van der Waals surface area contributed by atoms with Crippen LogP contribution in [0.1, 0.15) is 0 Å². The van der Waals surface area contributed by atoms with Gasteiger partial charge in [-0.05, 0) is 62.0 Å². The Hall–Kier alpha value is -5.93. The van der Waals surface area contributed by atoms with Gasteiger partial charge >= 0.3 is 0 Å². The molecule has 0 saturated heterocycles. The smallest absolute Gasteiger partial charge is 0.164 e. The van der Waals surface area contributed by atoms with Crippen molar-refractivity contribution in [1.29, 1.82) is 0 Å². The summed E-state index contributed by atoms with van der Waals surface area (Å²) in [7, 11) is 0. The topological polar surface area (TPSA) is 38.7 Å². The number of benzene rings is 7. The Bertz CT molecular complexity index is 2220. The van der Waals surface area contributed by atoms with Crippen molar-refractivity contribution in [2.75, 3.05) is 0 Å². The Morgan fingerprint density at radius 3 is 1.27 bits per heavy atom. The first-order valence-corrected chi connectivity index (χ1v) is 14.8. The molecule has 0 radical (unpaired) electrons. The van der Waals surface area contributed by atoms with E-state index in [4.69, 9.17) is 15.0 Å². The van der Waals surface area contributed by atoms with Crippen LogP contribution in [0, 0.1) is 0 Å². The van der Waals surface area contributed by atoms with E-state index in [1.54, 1.807) is 0 Å². The lowest BCUT2D eigenvalue weighted by atomic mass is 9.94. The molecule has 3 nitrogen and oxygen atoms in total. The molecule has 44 heavy (non-hydrogen) atoms. The minimum Gasteiger partial charge on any atom is -0.208 e. The van der Waals surface area contributed by atoms with E-state index in [1.807, 2.05) is 66.7 Å². The highest BCUT2D eigenvalue weighted by Crippen LogP contribution is 2.35. The minimum absolute atomic E-state index is 0.653. The van der Waals surface area contributed by atoms with E-state index in [2.05, 4.69) is 97.1 Å². The van der Waals surface area contributed by atoms with Crippen molar-refractivity contribution in [2.45, 2.75) is 0 Å². The normalized spacial score (nSPS) is 11.2. The molecule has 0 aliphatic carbocycles. The molecule has 7 aromatic carbocycles. The summed E-state index contributed by atoms with van der Waals surface area (Å²) < 4.78 is 0. The molecule has 1 aromatic heterocycles. The van der Waals surface area contributed by atoms with Crippen LogP contribution in [0.25, 0.3) is 78.0 Å². The molecule has 0 saturated carbocycles. The maximum Gasteiger partial charge on any atom is 0.164 e. The number of hydrogen-bond acceptors (Lipinski definition) is 3. The monoisotopic (exact) mass is 561 g/mol. The molecule has 0 aliphatic rings. The van der Waals surface area contributed by atoms with Crippen LogP contribution in [-0.2, 0) is 0 Å². The van der Waals surface area contributed by atoms with E-state index < -0.39 is 0 Å². The first-order valence-electron chi connectivity index (χ1n) is 14.8. The zero-order valence-corrected chi connectivity index (χ0v) is 23.9. The fraction of sp³-hybridized carbons (Fsp3) is 0. The van der Waals surface area contributed by atoms with Gasteiger partial charge in [-0.2, -0.15) is 0 Å². The molecule has 8 aromatic rings. The number of aromatic nitrogens is 3. The third-order valence-electron chi connectivity index (χ3n) is 8.10. The molecule has 0 bridgehead atoms. The Kier molecular flexibility index (Phi) is 6.47. The van der Waals surface area contributed by atoms with Crippen LogP contribution >= 0.6 is 0 Å². The van der Waals surface area contributed by atoms with Gasteiger partial charge in [0, 0.05) is 16.7 Å². The summed E-state index contributed by atoms with van der Waals surface area (Å²) in [6.07, 6.45) is 0. The molecule has 3 heteroatoms. The van der Waals surface area contributed by atoms with Gasteiger partial charge in [0.05, 0.1) is 0 Å². The van der Waals surface area contributed by atoms with Crippen LogP contribution in [0.5, 0.6) is 0 Å². The lowest BCUT2D eigenvalue weighted by molar-refractivity contribution is 1.07. The number of nitrogens with zero attached hydrogens (tertiary/aromatic N) is 3. The van der Waals surface area contributed by atoms with E-state index in [0.717, 1.165) is 27.8 Å². The average Bonchev–Trinajstić information content (AvgIpc) is 3.11. The van der Waals surface area contributed by atoms with Crippen LogP contribution < -0.4 is 0 Å². The third-order valence-corrected chi connectivity index (χ3v) is 8.10. The summed E-state index contributed by atoms with van der Waals surface area (Å²) >= 11 is 0. The van der Waals surface area contributed by atoms with Gasteiger partial charge < -0.3 is 0 Å². The van der Waals surface area contributed by atoms with E-state index in [0.29, 0.717) is 17.5 Å². The number of fused-ring (bicyclic) bond motifs is 2. The van der Waals surface area contributed by atoms with Crippen molar-refractivity contribution >= 4 is 21.5 Å². The zero-order chi connectivity index (χ0) is 29.3. The molecule has 0 unspecified atom stereocenters. The van der Waals surface area contributed by atoms with Gasteiger partial charge in [0.25, 0.3) is 0 Å². The highest BCUT2D eigenvalue weighted by molar-refractivity contribution is 5.94. The summed E-state index contributed by atoms with van der Waals surface area (Å²) in [6, 6.07) is 57.1. The first kappa shape index (κ1) is 25.8. The molecule has 0 aliphatic heterocycles. The second kappa shape index (κ2) is 11.0. The van der Waals surface area contributed by atoms with Gasteiger partial charge in [-0.1, -0.05) is 146 Å². The molecule has 206 valence electrons. The predicted octanol–water partition coefficient (Wildman–Crippen LogP) is 10.5. The van der Waals surface area contributed by atoms with Gasteiger partial charge in [0.2, 0.25) is 0 Å². The minimum atomic E-state index is 0.653. The van der Waals surface area contributed by atoms with Crippen molar-refractivity contribution in [3.63, 3.8) is 0 Å². The van der Waals surface area contributed by atoms with E-state index in [1.165, 1.54) is 32.7 Å². The Balaban J connectivity index is 1.22. The van der Waals surface area contributed by atoms with E-state index in [9.17, 15) is 0 Å². The lowest BCUT2D eigenvalue weighted by Gasteiger charge is -2.13. The fourth-order valence-electron chi connectivity index (χ4n) is 5.82. The first-order chi connectivity index (χ1) is 21.8. The molecule has 8 rings (SSSR count). The predicted molar refractivity (Wildman–Crippen MR) is 182 cm³/mol. The van der Waals surface area contributed by atoms with Crippen LogP contribution in [0.15, 0.2) is 164 Å². The lowest BCUT2D eigenvalue weighted by Crippen LogP contribution is -2.01. The average molecular weight is 562 g/mol. The SMILES string of the molecule is c1ccc(-c2nc(-c3ccccc3)nc(-c3ccccc3-c3ccc4cc(-c5ccc6ccccc6c5)ccc4c3)n2)cc1. The molecule has 1 heterocycles. The van der Waals surface area contributed by atoms with E-state index in [-0.39, 0.29) is 0 Å². The summed E-state index contributed by atoms with van der Waals surface area (Å²) in [6.45, 7) is 0. The summed E-state index contributed by atoms with van der Waals surface area (Å²) in [5.74, 6) is 1.97. The molecule has 0 amide bonds. The van der Waals surface area contributed by atoms with Crippen molar-refractivity contribution in [2.24, 2.45) is 0 Å². The second-order valence-corrected chi connectivity index (χ2v) is 10.9. The van der Waals surface area contributed by atoms with Gasteiger partial charge in [-0.15, -0.1) is 0 Å². The number of rotatable bonds is 5. The standard InChI is InChI=1S/C41H27N3/c1-3-12-29(13-4-1)39-42-40(30-14-5-2-6-15-30)44-41(43-39)38-18-10-9-17-37(38)36-24-23-34-26-33(21-22-35(34)27-36)32-20-19-28-11-7-8-16-31(28)25-32/h1-27H. The molecular weight excluding hydrogens is 534 g/mol. The van der Waals surface area contributed by atoms with Crippen LogP contribution in [-0.4, -0.2) is 15.0 Å².